The highest BCUT2D eigenvalue weighted by Gasteiger charge is 2.38. The number of sulfonamides is 1. The molecule has 2 rings (SSSR count). The van der Waals surface area contributed by atoms with Gasteiger partial charge in [-0.3, -0.25) is 0 Å². The third-order valence-corrected chi connectivity index (χ3v) is 6.78. The SMILES string of the molecule is CC1CN(S(=O)(=O)c2ccc(C#N)s2)CC1N(C)C. The summed E-state index contributed by atoms with van der Waals surface area (Å²) in [6.07, 6.45) is 0. The van der Waals surface area contributed by atoms with Gasteiger partial charge in [0.05, 0.1) is 0 Å². The van der Waals surface area contributed by atoms with E-state index in [9.17, 15) is 8.42 Å². The summed E-state index contributed by atoms with van der Waals surface area (Å²) in [5.74, 6) is 0.306. The lowest BCUT2D eigenvalue weighted by atomic mass is 10.1. The largest absolute Gasteiger partial charge is 0.305 e. The van der Waals surface area contributed by atoms with Gasteiger partial charge in [-0.05, 0) is 32.1 Å². The highest BCUT2D eigenvalue weighted by atomic mass is 32.2. The topological polar surface area (TPSA) is 64.4 Å². The first-order valence-corrected chi connectivity index (χ1v) is 8.28. The molecule has 19 heavy (non-hydrogen) atoms. The molecule has 1 aromatic rings. The fourth-order valence-electron chi connectivity index (χ4n) is 2.42. The normalized spacial score (nSPS) is 24.8. The van der Waals surface area contributed by atoms with Crippen LogP contribution in [0.25, 0.3) is 0 Å². The standard InChI is InChI=1S/C12H17N3O2S2/c1-9-7-15(8-11(9)14(2)3)19(16,17)12-5-4-10(6-13)18-12/h4-5,9,11H,7-8H2,1-3H3. The van der Waals surface area contributed by atoms with Crippen LogP contribution in [0.2, 0.25) is 0 Å². The van der Waals surface area contributed by atoms with E-state index in [0.29, 0.717) is 23.9 Å². The van der Waals surface area contributed by atoms with Crippen LogP contribution in [-0.4, -0.2) is 50.8 Å². The summed E-state index contributed by atoms with van der Waals surface area (Å²) in [6, 6.07) is 5.29. The second-order valence-electron chi connectivity index (χ2n) is 5.06. The van der Waals surface area contributed by atoms with E-state index in [1.165, 1.54) is 10.4 Å². The number of hydrogen-bond acceptors (Lipinski definition) is 5. The fraction of sp³-hybridized carbons (Fsp3) is 0.583. The van der Waals surface area contributed by atoms with Crippen LogP contribution in [0.15, 0.2) is 16.3 Å². The minimum atomic E-state index is -3.45. The molecule has 1 fully saturated rings. The molecule has 0 aromatic carbocycles. The Morgan fingerprint density at radius 1 is 1.42 bits per heavy atom. The Bertz CT molecular complexity index is 601. The summed E-state index contributed by atoms with van der Waals surface area (Å²) in [5, 5.41) is 8.78. The Morgan fingerprint density at radius 2 is 2.11 bits per heavy atom. The molecule has 2 atom stereocenters. The molecule has 0 spiro atoms. The molecule has 1 aliphatic heterocycles. The first-order chi connectivity index (χ1) is 8.86. The van der Waals surface area contributed by atoms with Crippen LogP contribution in [0, 0.1) is 17.2 Å². The van der Waals surface area contributed by atoms with Gasteiger partial charge < -0.3 is 4.90 Å². The van der Waals surface area contributed by atoms with Crippen molar-refractivity contribution in [1.29, 1.82) is 5.26 Å². The fourth-order valence-corrected chi connectivity index (χ4v) is 5.24. The quantitative estimate of drug-likeness (QED) is 0.841. The van der Waals surface area contributed by atoms with Gasteiger partial charge in [-0.25, -0.2) is 8.42 Å². The average molecular weight is 299 g/mol. The molecule has 5 nitrogen and oxygen atoms in total. The van der Waals surface area contributed by atoms with E-state index in [1.807, 2.05) is 20.2 Å². The summed E-state index contributed by atoms with van der Waals surface area (Å²) in [7, 11) is 0.484. The van der Waals surface area contributed by atoms with E-state index in [1.54, 1.807) is 6.07 Å². The predicted molar refractivity (Wildman–Crippen MR) is 74.4 cm³/mol. The van der Waals surface area contributed by atoms with E-state index in [-0.39, 0.29) is 10.3 Å². The number of rotatable bonds is 3. The van der Waals surface area contributed by atoms with Crippen molar-refractivity contribution in [1.82, 2.24) is 9.21 Å². The highest BCUT2D eigenvalue weighted by molar-refractivity contribution is 7.91. The van der Waals surface area contributed by atoms with Gasteiger partial charge in [0.1, 0.15) is 15.2 Å². The summed E-state index contributed by atoms with van der Waals surface area (Å²) in [4.78, 5) is 2.49. The zero-order valence-corrected chi connectivity index (χ0v) is 12.8. The molecule has 1 aliphatic rings. The van der Waals surface area contributed by atoms with Crippen LogP contribution in [0.4, 0.5) is 0 Å². The van der Waals surface area contributed by atoms with Gasteiger partial charge in [0, 0.05) is 19.1 Å². The lowest BCUT2D eigenvalue weighted by Crippen LogP contribution is -2.35. The average Bonchev–Trinajstić information content (AvgIpc) is 2.95. The molecule has 0 saturated carbocycles. The first-order valence-electron chi connectivity index (χ1n) is 6.02. The molecule has 1 saturated heterocycles. The summed E-state index contributed by atoms with van der Waals surface area (Å²) in [5.41, 5.74) is 0. The molecule has 2 heterocycles. The van der Waals surface area contributed by atoms with Crippen molar-refractivity contribution in [2.75, 3.05) is 27.2 Å². The molecule has 0 N–H and O–H groups in total. The maximum absolute atomic E-state index is 12.5. The van der Waals surface area contributed by atoms with Crippen LogP contribution >= 0.6 is 11.3 Å². The third kappa shape index (κ3) is 2.67. The molecule has 1 aromatic heterocycles. The number of hydrogen-bond donors (Lipinski definition) is 0. The van der Waals surface area contributed by atoms with Crippen molar-refractivity contribution in [2.24, 2.45) is 5.92 Å². The van der Waals surface area contributed by atoms with Gasteiger partial charge in [-0.1, -0.05) is 6.92 Å². The predicted octanol–water partition coefficient (Wildman–Crippen LogP) is 1.19. The van der Waals surface area contributed by atoms with Crippen molar-refractivity contribution >= 4 is 21.4 Å². The lowest BCUT2D eigenvalue weighted by molar-refractivity contribution is 0.263. The van der Waals surface area contributed by atoms with Crippen molar-refractivity contribution < 1.29 is 8.42 Å². The van der Waals surface area contributed by atoms with Crippen LogP contribution in [0.5, 0.6) is 0 Å². The van der Waals surface area contributed by atoms with Crippen LogP contribution < -0.4 is 0 Å². The summed E-state index contributed by atoms with van der Waals surface area (Å²) >= 11 is 1.03. The minimum absolute atomic E-state index is 0.241. The second-order valence-corrected chi connectivity index (χ2v) is 8.31. The van der Waals surface area contributed by atoms with Gasteiger partial charge in [0.2, 0.25) is 0 Å². The molecule has 104 valence electrons. The van der Waals surface area contributed by atoms with Crippen molar-refractivity contribution in [3.05, 3.63) is 17.0 Å². The molecule has 0 bridgehead atoms. The third-order valence-electron chi connectivity index (χ3n) is 3.49. The Labute approximate surface area is 118 Å². The van der Waals surface area contributed by atoms with Crippen molar-refractivity contribution in [2.45, 2.75) is 17.2 Å². The smallest absolute Gasteiger partial charge is 0.252 e. The van der Waals surface area contributed by atoms with Crippen molar-refractivity contribution in [3.63, 3.8) is 0 Å². The van der Waals surface area contributed by atoms with Gasteiger partial charge >= 0.3 is 0 Å². The number of nitrogens with zero attached hydrogens (tertiary/aromatic N) is 3. The molecular formula is C12H17N3O2S2. The zero-order chi connectivity index (χ0) is 14.2. The summed E-state index contributed by atoms with van der Waals surface area (Å²) < 4.78 is 26.8. The first kappa shape index (κ1) is 14.5. The Morgan fingerprint density at radius 3 is 2.58 bits per heavy atom. The molecule has 0 amide bonds. The Balaban J connectivity index is 2.25. The maximum Gasteiger partial charge on any atom is 0.252 e. The lowest BCUT2D eigenvalue weighted by Gasteiger charge is -2.22. The van der Waals surface area contributed by atoms with E-state index < -0.39 is 10.0 Å². The summed E-state index contributed by atoms with van der Waals surface area (Å²) in [6.45, 7) is 3.11. The van der Waals surface area contributed by atoms with E-state index in [4.69, 9.17) is 5.26 Å². The monoisotopic (exact) mass is 299 g/mol. The van der Waals surface area contributed by atoms with Gasteiger partial charge in [0.15, 0.2) is 0 Å². The van der Waals surface area contributed by atoms with Gasteiger partial charge in [-0.2, -0.15) is 9.57 Å². The number of thiophene rings is 1. The second kappa shape index (κ2) is 5.21. The molecular weight excluding hydrogens is 282 g/mol. The van der Waals surface area contributed by atoms with Crippen LogP contribution in [-0.2, 0) is 10.0 Å². The van der Waals surface area contributed by atoms with Gasteiger partial charge in [-0.15, -0.1) is 11.3 Å². The molecule has 0 aliphatic carbocycles. The Hall–Kier alpha value is -0.940. The number of nitriles is 1. The van der Waals surface area contributed by atoms with E-state index in [2.05, 4.69) is 11.8 Å². The molecule has 2 unspecified atom stereocenters. The molecule has 0 radical (unpaired) electrons. The number of likely N-dealkylation sites (N-methyl/N-ethyl adjacent to an activating group) is 1. The molecule has 7 heteroatoms. The Kier molecular flexibility index (Phi) is 3.97. The minimum Gasteiger partial charge on any atom is -0.305 e. The van der Waals surface area contributed by atoms with E-state index in [0.717, 1.165) is 11.3 Å². The van der Waals surface area contributed by atoms with Crippen LogP contribution in [0.3, 0.4) is 0 Å². The van der Waals surface area contributed by atoms with Crippen LogP contribution in [0.1, 0.15) is 11.8 Å². The van der Waals surface area contributed by atoms with E-state index >= 15 is 0 Å². The zero-order valence-electron chi connectivity index (χ0n) is 11.2. The highest BCUT2D eigenvalue weighted by Crippen LogP contribution is 2.29. The van der Waals surface area contributed by atoms with Crippen molar-refractivity contribution in [3.8, 4) is 6.07 Å². The van der Waals surface area contributed by atoms with Gasteiger partial charge in [0.25, 0.3) is 10.0 Å². The maximum atomic E-state index is 12.5.